The summed E-state index contributed by atoms with van der Waals surface area (Å²) in [5, 5.41) is 9.20. The predicted molar refractivity (Wildman–Crippen MR) is 59.2 cm³/mol. The predicted octanol–water partition coefficient (Wildman–Crippen LogP) is 1.17. The van der Waals surface area contributed by atoms with Crippen LogP contribution in [0.2, 0.25) is 0 Å². The van der Waals surface area contributed by atoms with Crippen molar-refractivity contribution in [1.29, 1.82) is 0 Å². The van der Waals surface area contributed by atoms with E-state index in [4.69, 9.17) is 0 Å². The van der Waals surface area contributed by atoms with E-state index in [0.29, 0.717) is 6.54 Å². The van der Waals surface area contributed by atoms with Gasteiger partial charge in [0.15, 0.2) is 0 Å². The number of piperidine rings is 1. The van der Waals surface area contributed by atoms with Crippen molar-refractivity contribution >= 4 is 11.8 Å². The van der Waals surface area contributed by atoms with E-state index in [-0.39, 0.29) is 0 Å². The smallest absolute Gasteiger partial charge is 0.311 e. The van der Waals surface area contributed by atoms with Crippen molar-refractivity contribution in [2.45, 2.75) is 19.8 Å². The highest BCUT2D eigenvalue weighted by atomic mass is 16.4. The van der Waals surface area contributed by atoms with Gasteiger partial charge in [0, 0.05) is 25.5 Å². The Hall–Kier alpha value is -1.65. The molecule has 1 unspecified atom stereocenters. The molecule has 1 aromatic rings. The van der Waals surface area contributed by atoms with Crippen LogP contribution in [-0.4, -0.2) is 34.1 Å². The van der Waals surface area contributed by atoms with Crippen molar-refractivity contribution in [1.82, 2.24) is 9.97 Å². The number of carboxylic acids is 1. The highest BCUT2D eigenvalue weighted by Crippen LogP contribution is 2.31. The number of carbonyl (C=O) groups is 1. The minimum atomic E-state index is -0.735. The monoisotopic (exact) mass is 221 g/mol. The average molecular weight is 221 g/mol. The van der Waals surface area contributed by atoms with Crippen molar-refractivity contribution in [3.8, 4) is 0 Å². The van der Waals surface area contributed by atoms with Gasteiger partial charge in [-0.2, -0.15) is 0 Å². The molecule has 0 amide bonds. The molecule has 1 aromatic heterocycles. The minimum absolute atomic E-state index is 0.501. The molecule has 0 aromatic carbocycles. The van der Waals surface area contributed by atoms with Gasteiger partial charge in [-0.25, -0.2) is 4.98 Å². The Kier molecular flexibility index (Phi) is 2.77. The third-order valence-corrected chi connectivity index (χ3v) is 3.09. The zero-order chi connectivity index (χ0) is 11.6. The van der Waals surface area contributed by atoms with Crippen LogP contribution < -0.4 is 4.90 Å². The first kappa shape index (κ1) is 10.9. The van der Waals surface area contributed by atoms with Crippen LogP contribution in [0.4, 0.5) is 5.82 Å². The molecule has 0 spiro atoms. The maximum atomic E-state index is 11.2. The molecule has 1 atom stereocenters. The molecule has 2 rings (SSSR count). The average Bonchev–Trinajstić information content (AvgIpc) is 2.30. The van der Waals surface area contributed by atoms with Gasteiger partial charge in [0.05, 0.1) is 11.6 Å². The summed E-state index contributed by atoms with van der Waals surface area (Å²) >= 11 is 0. The third kappa shape index (κ3) is 1.98. The Morgan fingerprint density at radius 1 is 1.56 bits per heavy atom. The van der Waals surface area contributed by atoms with Crippen LogP contribution in [-0.2, 0) is 4.79 Å². The molecule has 16 heavy (non-hydrogen) atoms. The topological polar surface area (TPSA) is 66.3 Å². The SMILES string of the molecule is CC1(C(=O)O)CCCN(c2cnccn2)C1. The fourth-order valence-corrected chi connectivity index (χ4v) is 2.06. The van der Waals surface area contributed by atoms with E-state index in [0.717, 1.165) is 25.2 Å². The number of nitrogens with zero attached hydrogens (tertiary/aromatic N) is 3. The van der Waals surface area contributed by atoms with Gasteiger partial charge in [-0.15, -0.1) is 0 Å². The Labute approximate surface area is 94.1 Å². The van der Waals surface area contributed by atoms with Crippen LogP contribution in [0.1, 0.15) is 19.8 Å². The van der Waals surface area contributed by atoms with Gasteiger partial charge in [0.1, 0.15) is 5.82 Å². The zero-order valence-corrected chi connectivity index (χ0v) is 9.26. The van der Waals surface area contributed by atoms with E-state index < -0.39 is 11.4 Å². The maximum absolute atomic E-state index is 11.2. The second-order valence-electron chi connectivity index (χ2n) is 4.45. The lowest BCUT2D eigenvalue weighted by atomic mass is 9.82. The lowest BCUT2D eigenvalue weighted by molar-refractivity contribution is -0.148. The number of hydrogen-bond donors (Lipinski definition) is 1. The van der Waals surface area contributed by atoms with Gasteiger partial charge in [0.2, 0.25) is 0 Å². The number of aromatic nitrogens is 2. The van der Waals surface area contributed by atoms with Crippen LogP contribution >= 0.6 is 0 Å². The summed E-state index contributed by atoms with van der Waals surface area (Å²) in [6, 6.07) is 0. The number of rotatable bonds is 2. The molecule has 1 fully saturated rings. The van der Waals surface area contributed by atoms with E-state index >= 15 is 0 Å². The first-order chi connectivity index (χ1) is 7.62. The number of anilines is 1. The van der Waals surface area contributed by atoms with Crippen molar-refractivity contribution in [2.75, 3.05) is 18.0 Å². The summed E-state index contributed by atoms with van der Waals surface area (Å²) in [6.45, 7) is 3.14. The molecule has 0 radical (unpaired) electrons. The second kappa shape index (κ2) is 4.08. The number of aliphatic carboxylic acids is 1. The summed E-state index contributed by atoms with van der Waals surface area (Å²) in [4.78, 5) is 21.4. The largest absolute Gasteiger partial charge is 0.481 e. The van der Waals surface area contributed by atoms with E-state index in [9.17, 15) is 9.90 Å². The molecule has 2 heterocycles. The van der Waals surface area contributed by atoms with E-state index in [1.807, 2.05) is 4.90 Å². The summed E-state index contributed by atoms with van der Waals surface area (Å²) < 4.78 is 0. The van der Waals surface area contributed by atoms with Crippen molar-refractivity contribution < 1.29 is 9.90 Å². The highest BCUT2D eigenvalue weighted by molar-refractivity contribution is 5.75. The van der Waals surface area contributed by atoms with Crippen LogP contribution in [0, 0.1) is 5.41 Å². The fourth-order valence-electron chi connectivity index (χ4n) is 2.06. The Morgan fingerprint density at radius 3 is 3.00 bits per heavy atom. The quantitative estimate of drug-likeness (QED) is 0.812. The molecule has 0 bridgehead atoms. The molecular weight excluding hydrogens is 206 g/mol. The van der Waals surface area contributed by atoms with Gasteiger partial charge >= 0.3 is 5.97 Å². The summed E-state index contributed by atoms with van der Waals surface area (Å²) in [5.74, 6) is 0.0239. The number of hydrogen-bond acceptors (Lipinski definition) is 4. The second-order valence-corrected chi connectivity index (χ2v) is 4.45. The molecule has 1 N–H and O–H groups in total. The van der Waals surface area contributed by atoms with Gasteiger partial charge in [-0.05, 0) is 19.8 Å². The molecule has 1 aliphatic rings. The van der Waals surface area contributed by atoms with Crippen LogP contribution in [0.15, 0.2) is 18.6 Å². The maximum Gasteiger partial charge on any atom is 0.311 e. The standard InChI is InChI=1S/C11H15N3O2/c1-11(10(15)16)3-2-6-14(8-11)9-7-12-4-5-13-9/h4-5,7H,2-3,6,8H2,1H3,(H,15,16). The zero-order valence-electron chi connectivity index (χ0n) is 9.26. The van der Waals surface area contributed by atoms with Gasteiger partial charge in [-0.3, -0.25) is 9.78 Å². The Balaban J connectivity index is 2.17. The van der Waals surface area contributed by atoms with Crippen molar-refractivity contribution in [3.63, 3.8) is 0 Å². The molecule has 0 saturated carbocycles. The van der Waals surface area contributed by atoms with E-state index in [2.05, 4.69) is 9.97 Å². The molecule has 86 valence electrons. The molecule has 1 aliphatic heterocycles. The summed E-state index contributed by atoms with van der Waals surface area (Å²) in [7, 11) is 0. The number of carboxylic acid groups (broad SMARTS) is 1. The first-order valence-corrected chi connectivity index (χ1v) is 5.36. The summed E-state index contributed by atoms with van der Waals surface area (Å²) in [6.07, 6.45) is 6.51. The molecule has 1 saturated heterocycles. The van der Waals surface area contributed by atoms with Gasteiger partial charge in [-0.1, -0.05) is 0 Å². The highest BCUT2D eigenvalue weighted by Gasteiger charge is 2.38. The molecule has 5 heteroatoms. The Morgan fingerprint density at radius 2 is 2.38 bits per heavy atom. The van der Waals surface area contributed by atoms with Crippen LogP contribution in [0.5, 0.6) is 0 Å². The first-order valence-electron chi connectivity index (χ1n) is 5.36. The minimum Gasteiger partial charge on any atom is -0.481 e. The fraction of sp³-hybridized carbons (Fsp3) is 0.545. The van der Waals surface area contributed by atoms with E-state index in [1.54, 1.807) is 25.5 Å². The van der Waals surface area contributed by atoms with Crippen LogP contribution in [0.3, 0.4) is 0 Å². The van der Waals surface area contributed by atoms with Gasteiger partial charge in [0.25, 0.3) is 0 Å². The molecule has 0 aliphatic carbocycles. The van der Waals surface area contributed by atoms with E-state index in [1.165, 1.54) is 0 Å². The molecule has 5 nitrogen and oxygen atoms in total. The third-order valence-electron chi connectivity index (χ3n) is 3.09. The van der Waals surface area contributed by atoms with Crippen LogP contribution in [0.25, 0.3) is 0 Å². The normalized spacial score (nSPS) is 25.4. The van der Waals surface area contributed by atoms with Crippen molar-refractivity contribution in [2.24, 2.45) is 5.41 Å². The summed E-state index contributed by atoms with van der Waals surface area (Å²) in [5.41, 5.74) is -0.671. The Bertz CT molecular complexity index is 382. The lowest BCUT2D eigenvalue weighted by Gasteiger charge is -2.37. The van der Waals surface area contributed by atoms with Crippen molar-refractivity contribution in [3.05, 3.63) is 18.6 Å². The van der Waals surface area contributed by atoms with Gasteiger partial charge < -0.3 is 10.0 Å². The molecular formula is C11H15N3O2. The lowest BCUT2D eigenvalue weighted by Crippen LogP contribution is -2.46.